The van der Waals surface area contributed by atoms with Crippen LogP contribution >= 0.6 is 0 Å². The predicted octanol–water partition coefficient (Wildman–Crippen LogP) is 3.97. The van der Waals surface area contributed by atoms with Gasteiger partial charge in [0.1, 0.15) is 0 Å². The fourth-order valence-electron chi connectivity index (χ4n) is 1.67. The Morgan fingerprint density at radius 3 is 2.78 bits per heavy atom. The summed E-state index contributed by atoms with van der Waals surface area (Å²) in [6.45, 7) is 6.04. The van der Waals surface area contributed by atoms with Gasteiger partial charge >= 0.3 is 0 Å². The van der Waals surface area contributed by atoms with Crippen molar-refractivity contribution in [3.63, 3.8) is 0 Å². The van der Waals surface area contributed by atoms with Crippen molar-refractivity contribution in [3.8, 4) is 5.75 Å². The van der Waals surface area contributed by atoms with Crippen LogP contribution < -0.4 is 10.5 Å². The second kappa shape index (κ2) is 7.88. The van der Waals surface area contributed by atoms with Gasteiger partial charge in [0.2, 0.25) is 0 Å². The van der Waals surface area contributed by atoms with Crippen molar-refractivity contribution in [2.75, 3.05) is 6.61 Å². The molecule has 0 fully saturated rings. The van der Waals surface area contributed by atoms with E-state index in [1.54, 1.807) is 12.1 Å². The van der Waals surface area contributed by atoms with Crippen LogP contribution in [0.2, 0.25) is 0 Å². The summed E-state index contributed by atoms with van der Waals surface area (Å²) in [5, 5.41) is 0. The zero-order chi connectivity index (χ0) is 13.4. The molecule has 2 nitrogen and oxygen atoms in total. The molecule has 2 N–H and O–H groups in total. The van der Waals surface area contributed by atoms with E-state index in [0.29, 0.717) is 12.4 Å². The molecule has 0 spiro atoms. The average Bonchev–Trinajstić information content (AvgIpc) is 2.35. The molecule has 3 heteroatoms. The minimum Gasteiger partial charge on any atom is -0.491 e. The molecule has 0 bridgehead atoms. The van der Waals surface area contributed by atoms with Gasteiger partial charge in [-0.2, -0.15) is 0 Å². The van der Waals surface area contributed by atoms with E-state index in [2.05, 4.69) is 6.58 Å². The fourth-order valence-corrected chi connectivity index (χ4v) is 1.67. The Morgan fingerprint density at radius 1 is 1.39 bits per heavy atom. The maximum Gasteiger partial charge on any atom is 0.165 e. The highest BCUT2D eigenvalue weighted by molar-refractivity contribution is 5.30. The molecule has 0 saturated carbocycles. The zero-order valence-electron chi connectivity index (χ0n) is 11.0. The Hall–Kier alpha value is -1.35. The van der Waals surface area contributed by atoms with E-state index in [-0.39, 0.29) is 11.9 Å². The molecular formula is C15H22FNO. The van der Waals surface area contributed by atoms with Crippen molar-refractivity contribution in [2.45, 2.75) is 38.6 Å². The number of nitrogens with two attached hydrogens (primary N) is 1. The molecule has 1 atom stereocenters. The minimum absolute atomic E-state index is 0.160. The average molecular weight is 251 g/mol. The van der Waals surface area contributed by atoms with Gasteiger partial charge in [-0.1, -0.05) is 12.1 Å². The van der Waals surface area contributed by atoms with Gasteiger partial charge in [-0.3, -0.25) is 0 Å². The molecule has 0 saturated heterocycles. The van der Waals surface area contributed by atoms with Gasteiger partial charge in [0, 0.05) is 6.04 Å². The molecule has 1 aromatic carbocycles. The van der Waals surface area contributed by atoms with Crippen molar-refractivity contribution >= 4 is 0 Å². The first-order chi connectivity index (χ1) is 8.65. The Labute approximate surface area is 109 Å². The highest BCUT2D eigenvalue weighted by atomic mass is 19.1. The lowest BCUT2D eigenvalue weighted by molar-refractivity contribution is 0.290. The number of ether oxygens (including phenoxy) is 1. The summed E-state index contributed by atoms with van der Waals surface area (Å²) in [5.74, 6) is -0.0287. The van der Waals surface area contributed by atoms with Crippen molar-refractivity contribution in [1.29, 1.82) is 0 Å². The SMILES string of the molecule is C=CCCCCCOc1ccc([C@@H](C)N)cc1F. The summed E-state index contributed by atoms with van der Waals surface area (Å²) in [5.41, 5.74) is 6.47. The van der Waals surface area contributed by atoms with E-state index in [1.807, 2.05) is 13.0 Å². The van der Waals surface area contributed by atoms with Crippen molar-refractivity contribution in [1.82, 2.24) is 0 Å². The molecule has 0 aromatic heterocycles. The van der Waals surface area contributed by atoms with Crippen LogP contribution in [0.15, 0.2) is 30.9 Å². The fraction of sp³-hybridized carbons (Fsp3) is 0.467. The van der Waals surface area contributed by atoms with Crippen molar-refractivity contribution in [3.05, 3.63) is 42.2 Å². The topological polar surface area (TPSA) is 35.2 Å². The molecule has 1 aromatic rings. The third-order valence-electron chi connectivity index (χ3n) is 2.79. The van der Waals surface area contributed by atoms with Gasteiger partial charge in [-0.05, 0) is 50.3 Å². The van der Waals surface area contributed by atoms with Crippen molar-refractivity contribution < 1.29 is 9.13 Å². The molecule has 1 rings (SSSR count). The van der Waals surface area contributed by atoms with E-state index in [4.69, 9.17) is 10.5 Å². The first-order valence-corrected chi connectivity index (χ1v) is 6.44. The molecule has 0 heterocycles. The number of benzene rings is 1. The largest absolute Gasteiger partial charge is 0.491 e. The first kappa shape index (κ1) is 14.7. The molecule has 0 unspecified atom stereocenters. The zero-order valence-corrected chi connectivity index (χ0v) is 11.0. The second-order valence-corrected chi connectivity index (χ2v) is 4.47. The summed E-state index contributed by atoms with van der Waals surface area (Å²) >= 11 is 0. The number of hydrogen-bond acceptors (Lipinski definition) is 2. The Bertz CT molecular complexity index is 377. The van der Waals surface area contributed by atoms with Gasteiger partial charge in [-0.15, -0.1) is 6.58 Å². The van der Waals surface area contributed by atoms with E-state index in [9.17, 15) is 4.39 Å². The summed E-state index contributed by atoms with van der Waals surface area (Å²) in [6.07, 6.45) is 6.05. The molecule has 0 aliphatic heterocycles. The quantitative estimate of drug-likeness (QED) is 0.560. The van der Waals surface area contributed by atoms with Crippen LogP contribution in [-0.4, -0.2) is 6.61 Å². The number of unbranched alkanes of at least 4 members (excludes halogenated alkanes) is 3. The lowest BCUT2D eigenvalue weighted by atomic mass is 10.1. The summed E-state index contributed by atoms with van der Waals surface area (Å²) in [6, 6.07) is 4.74. The van der Waals surface area contributed by atoms with Gasteiger partial charge in [0.05, 0.1) is 6.61 Å². The van der Waals surface area contributed by atoms with Crippen molar-refractivity contribution in [2.24, 2.45) is 5.73 Å². The van der Waals surface area contributed by atoms with E-state index < -0.39 is 0 Å². The van der Waals surface area contributed by atoms with Gasteiger partial charge in [0.15, 0.2) is 11.6 Å². The lowest BCUT2D eigenvalue weighted by Gasteiger charge is -2.10. The second-order valence-electron chi connectivity index (χ2n) is 4.47. The Balaban J connectivity index is 2.36. The highest BCUT2D eigenvalue weighted by Crippen LogP contribution is 2.21. The standard InChI is InChI=1S/C15H22FNO/c1-3-4-5-6-7-10-18-15-9-8-13(12(2)17)11-14(15)16/h3,8-9,11-12H,1,4-7,10,17H2,2H3/t12-/m1/s1. The van der Waals surface area contributed by atoms with Crippen LogP contribution in [0, 0.1) is 5.82 Å². The molecule has 18 heavy (non-hydrogen) atoms. The monoisotopic (exact) mass is 251 g/mol. The molecular weight excluding hydrogens is 229 g/mol. The first-order valence-electron chi connectivity index (χ1n) is 6.44. The third kappa shape index (κ3) is 4.88. The highest BCUT2D eigenvalue weighted by Gasteiger charge is 2.06. The van der Waals surface area contributed by atoms with E-state index in [1.165, 1.54) is 6.07 Å². The predicted molar refractivity (Wildman–Crippen MR) is 73.2 cm³/mol. The van der Waals surface area contributed by atoms with Crippen LogP contribution in [0.5, 0.6) is 5.75 Å². The lowest BCUT2D eigenvalue weighted by Crippen LogP contribution is -2.06. The van der Waals surface area contributed by atoms with Gasteiger partial charge in [-0.25, -0.2) is 4.39 Å². The van der Waals surface area contributed by atoms with Crippen LogP contribution in [-0.2, 0) is 0 Å². The Kier molecular flexibility index (Phi) is 6.44. The van der Waals surface area contributed by atoms with Gasteiger partial charge < -0.3 is 10.5 Å². The number of halogens is 1. The van der Waals surface area contributed by atoms with Crippen LogP contribution in [0.4, 0.5) is 4.39 Å². The maximum atomic E-state index is 13.6. The molecule has 0 radical (unpaired) electrons. The maximum absolute atomic E-state index is 13.6. The molecule has 0 aliphatic rings. The minimum atomic E-state index is -0.337. The van der Waals surface area contributed by atoms with Crippen LogP contribution in [0.3, 0.4) is 0 Å². The van der Waals surface area contributed by atoms with Crippen LogP contribution in [0.25, 0.3) is 0 Å². The number of allylic oxidation sites excluding steroid dienone is 1. The smallest absolute Gasteiger partial charge is 0.165 e. The number of rotatable bonds is 8. The molecule has 0 aliphatic carbocycles. The van der Waals surface area contributed by atoms with Gasteiger partial charge in [0.25, 0.3) is 0 Å². The summed E-state index contributed by atoms with van der Waals surface area (Å²) in [4.78, 5) is 0. The summed E-state index contributed by atoms with van der Waals surface area (Å²) in [7, 11) is 0. The molecule has 0 amide bonds. The summed E-state index contributed by atoms with van der Waals surface area (Å²) < 4.78 is 19.1. The van der Waals surface area contributed by atoms with E-state index in [0.717, 1.165) is 31.2 Å². The van der Waals surface area contributed by atoms with Crippen LogP contribution in [0.1, 0.15) is 44.2 Å². The number of hydrogen-bond donors (Lipinski definition) is 1. The third-order valence-corrected chi connectivity index (χ3v) is 2.79. The van der Waals surface area contributed by atoms with E-state index >= 15 is 0 Å². The normalized spacial score (nSPS) is 12.2. The Morgan fingerprint density at radius 2 is 2.17 bits per heavy atom. The molecule has 100 valence electrons.